The Labute approximate surface area is 144 Å². The van der Waals surface area contributed by atoms with Crippen molar-refractivity contribution in [2.24, 2.45) is 11.5 Å². The second-order valence-corrected chi connectivity index (χ2v) is 6.77. The molecule has 2 aliphatic carbocycles. The second-order valence-electron chi connectivity index (χ2n) is 6.77. The van der Waals surface area contributed by atoms with Gasteiger partial charge in [-0.15, -0.1) is 13.2 Å². The molecule has 0 heterocycles. The molecule has 0 spiro atoms. The Morgan fingerprint density at radius 3 is 2.56 bits per heavy atom. The molecule has 3 rings (SSSR count). The van der Waals surface area contributed by atoms with E-state index in [9.17, 15) is 18.3 Å². The number of nitrogens with two attached hydrogens (primary N) is 2. The lowest BCUT2D eigenvalue weighted by Crippen LogP contribution is -2.47. The molecule has 0 aliphatic heterocycles. The summed E-state index contributed by atoms with van der Waals surface area (Å²) in [7, 11) is 0. The van der Waals surface area contributed by atoms with Crippen LogP contribution in [0.1, 0.15) is 24.8 Å². The number of aliphatic hydroxyl groups is 1. The predicted molar refractivity (Wildman–Crippen MR) is 87.7 cm³/mol. The Morgan fingerprint density at radius 1 is 1.24 bits per heavy atom. The molecule has 7 heteroatoms. The van der Waals surface area contributed by atoms with Crippen LogP contribution >= 0.6 is 0 Å². The van der Waals surface area contributed by atoms with E-state index in [-0.39, 0.29) is 5.75 Å². The quantitative estimate of drug-likeness (QED) is 0.779. The molecule has 136 valence electrons. The largest absolute Gasteiger partial charge is 0.573 e. The fraction of sp³-hybridized carbons (Fsp3) is 0.444. The Balaban J connectivity index is 1.74. The van der Waals surface area contributed by atoms with Crippen LogP contribution in [-0.2, 0) is 6.42 Å². The van der Waals surface area contributed by atoms with Gasteiger partial charge in [0, 0.05) is 5.54 Å². The van der Waals surface area contributed by atoms with Gasteiger partial charge >= 0.3 is 6.36 Å². The summed E-state index contributed by atoms with van der Waals surface area (Å²) in [6, 6.07) is 5.25. The molecule has 0 bridgehead atoms. The van der Waals surface area contributed by atoms with Gasteiger partial charge in [-0.2, -0.15) is 0 Å². The summed E-state index contributed by atoms with van der Waals surface area (Å²) in [5.41, 5.74) is 14.7. The molecular formula is C18H21F3N2O2. The number of fused-ring (bicyclic) bond motifs is 1. The van der Waals surface area contributed by atoms with Gasteiger partial charge in [0.1, 0.15) is 5.75 Å². The minimum absolute atomic E-state index is 0.260. The average Bonchev–Trinajstić information content (AvgIpc) is 2.52. The van der Waals surface area contributed by atoms with Gasteiger partial charge < -0.3 is 21.3 Å². The molecule has 2 aliphatic rings. The summed E-state index contributed by atoms with van der Waals surface area (Å²) < 4.78 is 40.5. The lowest BCUT2D eigenvalue weighted by molar-refractivity contribution is -0.274. The van der Waals surface area contributed by atoms with Gasteiger partial charge in [-0.05, 0) is 54.5 Å². The molecule has 0 aromatic heterocycles. The highest BCUT2D eigenvalue weighted by Crippen LogP contribution is 2.36. The summed E-state index contributed by atoms with van der Waals surface area (Å²) in [5, 5.41) is 9.96. The van der Waals surface area contributed by atoms with Crippen molar-refractivity contribution in [2.45, 2.75) is 49.7 Å². The SMILES string of the molecule is NC1C2=CC(N)(Cc3ccc(OC(F)(F)F)cc3)CC=C2CCC1O. The summed E-state index contributed by atoms with van der Waals surface area (Å²) in [4.78, 5) is 0. The maximum absolute atomic E-state index is 12.2. The van der Waals surface area contributed by atoms with Gasteiger partial charge in [0.05, 0.1) is 12.1 Å². The Kier molecular flexibility index (Phi) is 4.66. The third-order valence-electron chi connectivity index (χ3n) is 4.72. The number of benzene rings is 1. The van der Waals surface area contributed by atoms with E-state index in [1.807, 2.05) is 6.08 Å². The van der Waals surface area contributed by atoms with Gasteiger partial charge in [-0.3, -0.25) is 0 Å². The first-order valence-electron chi connectivity index (χ1n) is 8.15. The number of hydrogen-bond donors (Lipinski definition) is 3. The first kappa shape index (κ1) is 18.0. The number of halogens is 3. The summed E-state index contributed by atoms with van der Waals surface area (Å²) in [6.45, 7) is 0. The van der Waals surface area contributed by atoms with Crippen molar-refractivity contribution in [1.82, 2.24) is 0 Å². The molecule has 5 N–H and O–H groups in total. The lowest BCUT2D eigenvalue weighted by Gasteiger charge is -2.37. The van der Waals surface area contributed by atoms with Gasteiger partial charge in [0.2, 0.25) is 0 Å². The topological polar surface area (TPSA) is 81.5 Å². The molecule has 3 unspecified atom stereocenters. The fourth-order valence-electron chi connectivity index (χ4n) is 3.45. The van der Waals surface area contributed by atoms with Crippen molar-refractivity contribution in [1.29, 1.82) is 0 Å². The van der Waals surface area contributed by atoms with Crippen molar-refractivity contribution in [2.75, 3.05) is 0 Å². The first-order chi connectivity index (χ1) is 11.7. The van der Waals surface area contributed by atoms with Crippen molar-refractivity contribution < 1.29 is 23.0 Å². The number of rotatable bonds is 3. The van der Waals surface area contributed by atoms with Crippen molar-refractivity contribution in [3.8, 4) is 5.75 Å². The van der Waals surface area contributed by atoms with Crippen LogP contribution in [-0.4, -0.2) is 29.2 Å². The molecule has 3 atom stereocenters. The Hall–Kier alpha value is -1.83. The Bertz CT molecular complexity index is 697. The number of ether oxygens (including phenoxy) is 1. The maximum Gasteiger partial charge on any atom is 0.573 e. The molecule has 1 saturated carbocycles. The normalized spacial score (nSPS) is 29.5. The highest BCUT2D eigenvalue weighted by atomic mass is 19.4. The molecular weight excluding hydrogens is 333 g/mol. The third-order valence-corrected chi connectivity index (χ3v) is 4.72. The van der Waals surface area contributed by atoms with Gasteiger partial charge in [0.15, 0.2) is 0 Å². The maximum atomic E-state index is 12.2. The number of hydrogen-bond acceptors (Lipinski definition) is 4. The molecule has 0 radical (unpaired) electrons. The zero-order chi connectivity index (χ0) is 18.2. The monoisotopic (exact) mass is 354 g/mol. The Morgan fingerprint density at radius 2 is 1.92 bits per heavy atom. The van der Waals surface area contributed by atoms with Crippen molar-refractivity contribution >= 4 is 0 Å². The van der Waals surface area contributed by atoms with Gasteiger partial charge in [-0.25, -0.2) is 0 Å². The van der Waals surface area contributed by atoms with Crippen LogP contribution in [0.3, 0.4) is 0 Å². The molecule has 25 heavy (non-hydrogen) atoms. The van der Waals surface area contributed by atoms with Gasteiger partial charge in [-0.1, -0.05) is 24.3 Å². The standard InChI is InChI=1S/C18H21F3N2O2/c19-18(20,21)25-13-4-1-11(2-5-13)9-17(23)8-7-12-3-6-15(24)16(22)14(12)10-17/h1-2,4-5,7,10,15-16,24H,3,6,8-9,22-23H2. The number of alkyl halides is 3. The fourth-order valence-corrected chi connectivity index (χ4v) is 3.45. The molecule has 1 aromatic rings. The summed E-state index contributed by atoms with van der Waals surface area (Å²) in [6.07, 6.45) is 1.18. The van der Waals surface area contributed by atoms with Crippen LogP contribution < -0.4 is 16.2 Å². The van der Waals surface area contributed by atoms with E-state index in [1.165, 1.54) is 12.1 Å². The van der Waals surface area contributed by atoms with E-state index in [1.54, 1.807) is 12.1 Å². The van der Waals surface area contributed by atoms with Gasteiger partial charge in [0.25, 0.3) is 0 Å². The predicted octanol–water partition coefficient (Wildman–Crippen LogP) is 2.56. The highest BCUT2D eigenvalue weighted by Gasteiger charge is 2.34. The van der Waals surface area contributed by atoms with E-state index in [2.05, 4.69) is 10.8 Å². The van der Waals surface area contributed by atoms with Crippen LogP contribution in [0.2, 0.25) is 0 Å². The van der Waals surface area contributed by atoms with E-state index < -0.39 is 24.0 Å². The minimum Gasteiger partial charge on any atom is -0.406 e. The van der Waals surface area contributed by atoms with Crippen LogP contribution in [0.25, 0.3) is 0 Å². The van der Waals surface area contributed by atoms with Crippen LogP contribution in [0, 0.1) is 0 Å². The van der Waals surface area contributed by atoms with Crippen LogP contribution in [0.4, 0.5) is 13.2 Å². The number of aliphatic hydroxyl groups excluding tert-OH is 1. The van der Waals surface area contributed by atoms with Crippen LogP contribution in [0.5, 0.6) is 5.75 Å². The van der Waals surface area contributed by atoms with Crippen LogP contribution in [0.15, 0.2) is 47.6 Å². The average molecular weight is 354 g/mol. The second kappa shape index (κ2) is 6.48. The first-order valence-corrected chi connectivity index (χ1v) is 8.15. The van der Waals surface area contributed by atoms with E-state index in [0.717, 1.165) is 23.1 Å². The summed E-state index contributed by atoms with van der Waals surface area (Å²) >= 11 is 0. The molecule has 1 fully saturated rings. The van der Waals surface area contributed by atoms with Crippen molar-refractivity contribution in [3.63, 3.8) is 0 Å². The summed E-state index contributed by atoms with van der Waals surface area (Å²) in [5.74, 6) is -0.260. The van der Waals surface area contributed by atoms with E-state index >= 15 is 0 Å². The zero-order valence-corrected chi connectivity index (χ0v) is 13.6. The molecule has 0 saturated heterocycles. The molecule has 4 nitrogen and oxygen atoms in total. The highest BCUT2D eigenvalue weighted by molar-refractivity contribution is 5.45. The third kappa shape index (κ3) is 4.23. The zero-order valence-electron chi connectivity index (χ0n) is 13.6. The lowest BCUT2D eigenvalue weighted by atomic mass is 9.74. The molecule has 1 aromatic carbocycles. The van der Waals surface area contributed by atoms with Crippen molar-refractivity contribution in [3.05, 3.63) is 53.1 Å². The van der Waals surface area contributed by atoms with E-state index in [4.69, 9.17) is 11.5 Å². The smallest absolute Gasteiger partial charge is 0.406 e. The molecule has 0 amide bonds. The van der Waals surface area contributed by atoms with E-state index in [0.29, 0.717) is 19.3 Å². The minimum atomic E-state index is -4.70.